The van der Waals surface area contributed by atoms with E-state index in [9.17, 15) is 0 Å². The van der Waals surface area contributed by atoms with Gasteiger partial charge in [-0.1, -0.05) is 12.1 Å². The number of aromatic nitrogens is 1. The number of unbranched alkanes of at least 4 members (excludes halogenated alkanes) is 1. The van der Waals surface area contributed by atoms with Crippen LogP contribution in [0.5, 0.6) is 5.75 Å². The summed E-state index contributed by atoms with van der Waals surface area (Å²) in [6, 6.07) is 8.16. The summed E-state index contributed by atoms with van der Waals surface area (Å²) in [4.78, 5) is 4.44. The van der Waals surface area contributed by atoms with Crippen molar-refractivity contribution >= 4 is 22.9 Å². The third kappa shape index (κ3) is 4.84. The number of aryl methyl sites for hydroxylation is 2. The van der Waals surface area contributed by atoms with Gasteiger partial charge in [0.25, 0.3) is 0 Å². The van der Waals surface area contributed by atoms with Gasteiger partial charge in [-0.25, -0.2) is 4.98 Å². The summed E-state index contributed by atoms with van der Waals surface area (Å²) in [6.07, 6.45) is 3.16. The zero-order chi connectivity index (χ0) is 13.5. The SMILES string of the molecule is Cc1cccc(OCCCCc2nc(CCl)cs2)c1. The molecule has 0 spiro atoms. The Balaban J connectivity index is 1.64. The molecule has 0 bridgehead atoms. The van der Waals surface area contributed by atoms with Crippen LogP contribution in [0.2, 0.25) is 0 Å². The van der Waals surface area contributed by atoms with E-state index in [0.29, 0.717) is 5.88 Å². The van der Waals surface area contributed by atoms with Crippen LogP contribution in [-0.2, 0) is 12.3 Å². The maximum Gasteiger partial charge on any atom is 0.119 e. The zero-order valence-corrected chi connectivity index (χ0v) is 12.6. The molecule has 2 aromatic rings. The van der Waals surface area contributed by atoms with E-state index in [1.807, 2.05) is 17.5 Å². The molecule has 2 rings (SSSR count). The van der Waals surface area contributed by atoms with E-state index in [-0.39, 0.29) is 0 Å². The summed E-state index contributed by atoms with van der Waals surface area (Å²) in [5.41, 5.74) is 2.21. The van der Waals surface area contributed by atoms with Gasteiger partial charge in [-0.2, -0.15) is 0 Å². The minimum absolute atomic E-state index is 0.507. The second-order valence-electron chi connectivity index (χ2n) is 4.49. The third-order valence-electron chi connectivity index (χ3n) is 2.78. The van der Waals surface area contributed by atoms with Crippen molar-refractivity contribution < 1.29 is 4.74 Å². The van der Waals surface area contributed by atoms with Crippen LogP contribution in [0.4, 0.5) is 0 Å². The summed E-state index contributed by atoms with van der Waals surface area (Å²) in [5, 5.41) is 3.21. The molecule has 0 saturated carbocycles. The highest BCUT2D eigenvalue weighted by Gasteiger charge is 2.01. The first-order valence-corrected chi connectivity index (χ1v) is 7.88. The van der Waals surface area contributed by atoms with Crippen molar-refractivity contribution in [3.63, 3.8) is 0 Å². The van der Waals surface area contributed by atoms with Crippen LogP contribution < -0.4 is 4.74 Å². The van der Waals surface area contributed by atoms with Gasteiger partial charge in [-0.05, 0) is 43.9 Å². The molecule has 0 unspecified atom stereocenters. The second-order valence-corrected chi connectivity index (χ2v) is 5.70. The molecule has 4 heteroatoms. The smallest absolute Gasteiger partial charge is 0.119 e. The van der Waals surface area contributed by atoms with Crippen molar-refractivity contribution in [3.05, 3.63) is 45.9 Å². The molecule has 0 atom stereocenters. The monoisotopic (exact) mass is 295 g/mol. The highest BCUT2D eigenvalue weighted by atomic mass is 35.5. The molecule has 0 fully saturated rings. The van der Waals surface area contributed by atoms with Gasteiger partial charge >= 0.3 is 0 Å². The predicted octanol–water partition coefficient (Wildman–Crippen LogP) is 4.59. The number of ether oxygens (including phenoxy) is 1. The standard InChI is InChI=1S/C15H18ClNOS/c1-12-5-4-6-14(9-12)18-8-3-2-7-15-17-13(10-16)11-19-15/h4-6,9,11H,2-3,7-8,10H2,1H3. The molecule has 2 nitrogen and oxygen atoms in total. The fourth-order valence-electron chi connectivity index (χ4n) is 1.80. The minimum atomic E-state index is 0.507. The number of rotatable bonds is 7. The lowest BCUT2D eigenvalue weighted by molar-refractivity contribution is 0.307. The van der Waals surface area contributed by atoms with E-state index in [1.54, 1.807) is 11.3 Å². The minimum Gasteiger partial charge on any atom is -0.494 e. The van der Waals surface area contributed by atoms with Gasteiger partial charge in [0.1, 0.15) is 5.75 Å². The summed E-state index contributed by atoms with van der Waals surface area (Å²) < 4.78 is 5.71. The average molecular weight is 296 g/mol. The molecule has 0 amide bonds. The van der Waals surface area contributed by atoms with E-state index in [1.165, 1.54) is 10.6 Å². The Morgan fingerprint density at radius 3 is 2.95 bits per heavy atom. The third-order valence-corrected chi connectivity index (χ3v) is 4.01. The van der Waals surface area contributed by atoms with Crippen LogP contribution >= 0.6 is 22.9 Å². The van der Waals surface area contributed by atoms with E-state index >= 15 is 0 Å². The van der Waals surface area contributed by atoms with Crippen molar-refractivity contribution in [1.82, 2.24) is 4.98 Å². The number of alkyl halides is 1. The van der Waals surface area contributed by atoms with Crippen LogP contribution in [0.15, 0.2) is 29.6 Å². The van der Waals surface area contributed by atoms with Crippen LogP contribution in [0.1, 0.15) is 29.1 Å². The largest absolute Gasteiger partial charge is 0.494 e. The fraction of sp³-hybridized carbons (Fsp3) is 0.400. The fourth-order valence-corrected chi connectivity index (χ4v) is 2.87. The van der Waals surface area contributed by atoms with Crippen molar-refractivity contribution in [1.29, 1.82) is 0 Å². The van der Waals surface area contributed by atoms with Crippen LogP contribution in [-0.4, -0.2) is 11.6 Å². The van der Waals surface area contributed by atoms with Gasteiger partial charge in [0.05, 0.1) is 23.2 Å². The van der Waals surface area contributed by atoms with Gasteiger partial charge in [-0.15, -0.1) is 22.9 Å². The van der Waals surface area contributed by atoms with Gasteiger partial charge in [-0.3, -0.25) is 0 Å². The second kappa shape index (κ2) is 7.51. The van der Waals surface area contributed by atoms with Crippen LogP contribution in [0, 0.1) is 6.92 Å². The summed E-state index contributed by atoms with van der Waals surface area (Å²) in [7, 11) is 0. The number of nitrogens with zero attached hydrogens (tertiary/aromatic N) is 1. The molecule has 0 saturated heterocycles. The first-order chi connectivity index (χ1) is 9.28. The van der Waals surface area contributed by atoms with E-state index < -0.39 is 0 Å². The Hall–Kier alpha value is -1.06. The quantitative estimate of drug-likeness (QED) is 0.550. The van der Waals surface area contributed by atoms with Crippen molar-refractivity contribution in [2.24, 2.45) is 0 Å². The highest BCUT2D eigenvalue weighted by molar-refractivity contribution is 7.09. The van der Waals surface area contributed by atoms with Gasteiger partial charge < -0.3 is 4.74 Å². The summed E-state index contributed by atoms with van der Waals surface area (Å²) >= 11 is 7.42. The summed E-state index contributed by atoms with van der Waals surface area (Å²) in [5.74, 6) is 1.46. The Morgan fingerprint density at radius 2 is 2.21 bits per heavy atom. The zero-order valence-electron chi connectivity index (χ0n) is 11.1. The molecule has 1 heterocycles. The molecule has 0 aliphatic carbocycles. The van der Waals surface area contributed by atoms with Crippen molar-refractivity contribution in [2.45, 2.75) is 32.1 Å². The lowest BCUT2D eigenvalue weighted by atomic mass is 10.2. The van der Waals surface area contributed by atoms with Gasteiger partial charge in [0.15, 0.2) is 0 Å². The molecule has 0 aliphatic heterocycles. The van der Waals surface area contributed by atoms with E-state index in [0.717, 1.165) is 37.3 Å². The van der Waals surface area contributed by atoms with Crippen LogP contribution in [0.3, 0.4) is 0 Å². The van der Waals surface area contributed by atoms with Gasteiger partial charge in [0, 0.05) is 5.38 Å². The normalized spacial score (nSPS) is 10.6. The van der Waals surface area contributed by atoms with Crippen molar-refractivity contribution in [2.75, 3.05) is 6.61 Å². The summed E-state index contributed by atoms with van der Waals surface area (Å²) in [6.45, 7) is 2.83. The Bertz CT molecular complexity index is 512. The molecule has 0 N–H and O–H groups in total. The highest BCUT2D eigenvalue weighted by Crippen LogP contribution is 2.15. The van der Waals surface area contributed by atoms with Crippen LogP contribution in [0.25, 0.3) is 0 Å². The molecule has 19 heavy (non-hydrogen) atoms. The lowest BCUT2D eigenvalue weighted by Crippen LogP contribution is -1.98. The molecule has 1 aromatic heterocycles. The number of thiazole rings is 1. The Kier molecular flexibility index (Phi) is 5.67. The maximum atomic E-state index is 5.73. The molecular formula is C15H18ClNOS. The molecule has 102 valence electrons. The molecule has 0 aliphatic rings. The Morgan fingerprint density at radius 1 is 1.32 bits per heavy atom. The number of benzene rings is 1. The first-order valence-electron chi connectivity index (χ1n) is 6.46. The molecule has 1 aromatic carbocycles. The maximum absolute atomic E-state index is 5.73. The number of hydrogen-bond acceptors (Lipinski definition) is 3. The topological polar surface area (TPSA) is 22.1 Å². The lowest BCUT2D eigenvalue weighted by Gasteiger charge is -2.06. The van der Waals surface area contributed by atoms with Crippen molar-refractivity contribution in [3.8, 4) is 5.75 Å². The average Bonchev–Trinajstić information content (AvgIpc) is 2.86. The first kappa shape index (κ1) is 14.4. The number of hydrogen-bond donors (Lipinski definition) is 0. The molecular weight excluding hydrogens is 278 g/mol. The Labute approximate surface area is 123 Å². The number of halogens is 1. The molecule has 0 radical (unpaired) electrons. The predicted molar refractivity (Wildman–Crippen MR) is 81.3 cm³/mol. The van der Waals surface area contributed by atoms with Gasteiger partial charge in [0.2, 0.25) is 0 Å². The van der Waals surface area contributed by atoms with E-state index in [4.69, 9.17) is 16.3 Å². The van der Waals surface area contributed by atoms with E-state index in [2.05, 4.69) is 24.0 Å².